The van der Waals surface area contributed by atoms with Crippen molar-refractivity contribution in [2.45, 2.75) is 31.8 Å². The van der Waals surface area contributed by atoms with E-state index in [1.165, 1.54) is 12.5 Å². The number of benzene rings is 2. The molecule has 0 N–H and O–H groups in total. The van der Waals surface area contributed by atoms with E-state index in [1.54, 1.807) is 24.3 Å². The normalized spacial score (nSPS) is 28.7. The first kappa shape index (κ1) is 21.8. The van der Waals surface area contributed by atoms with E-state index >= 15 is 0 Å². The summed E-state index contributed by atoms with van der Waals surface area (Å²) in [6.45, 7) is 1.01. The van der Waals surface area contributed by atoms with E-state index in [0.717, 1.165) is 17.7 Å². The lowest BCUT2D eigenvalue weighted by atomic mass is 9.73. The van der Waals surface area contributed by atoms with Gasteiger partial charge in [-0.1, -0.05) is 41.9 Å². The maximum Gasteiger partial charge on any atom is 0.326 e. The summed E-state index contributed by atoms with van der Waals surface area (Å²) in [5.41, 5.74) is 1.57. The van der Waals surface area contributed by atoms with Crippen molar-refractivity contribution in [1.82, 2.24) is 4.90 Å². The van der Waals surface area contributed by atoms with Gasteiger partial charge in [-0.05, 0) is 67.3 Å². The molecule has 0 aromatic heterocycles. The Morgan fingerprint density at radius 1 is 1.00 bits per heavy atom. The lowest BCUT2D eigenvalue weighted by molar-refractivity contribution is -0.155. The number of fused-ring (bicyclic) bond motifs is 5. The minimum absolute atomic E-state index is 0.116. The van der Waals surface area contributed by atoms with Crippen molar-refractivity contribution in [1.29, 1.82) is 0 Å². The fourth-order valence-corrected chi connectivity index (χ4v) is 6.15. The van der Waals surface area contributed by atoms with Gasteiger partial charge in [0, 0.05) is 10.6 Å². The van der Waals surface area contributed by atoms with Crippen LogP contribution >= 0.6 is 11.6 Å². The molecule has 0 radical (unpaired) electrons. The number of Topliss-reactive ketones (excluding diaryl/α,β-unsaturated/α-hetero) is 1. The van der Waals surface area contributed by atoms with Crippen LogP contribution in [0.4, 0.5) is 0 Å². The molecule has 170 valence electrons. The smallest absolute Gasteiger partial charge is 0.326 e. The van der Waals surface area contributed by atoms with E-state index in [4.69, 9.17) is 16.3 Å². The topological polar surface area (TPSA) is 80.8 Å². The van der Waals surface area contributed by atoms with Gasteiger partial charge in [-0.15, -0.1) is 0 Å². The van der Waals surface area contributed by atoms with Gasteiger partial charge < -0.3 is 4.74 Å². The molecular formula is C26H24ClNO5. The standard InChI is InChI=1S/C26H24ClNO5/c1-14(24(30)16-7-9-18(27)10-8-16)33-21(29)13-28-25(31)22-17-11-19(15-5-3-2-4-6-15)20(12-17)23(22)26(28)32/h2-10,14,17,19-20,22-23H,11-13H2,1H3. The number of halogens is 1. The quantitative estimate of drug-likeness (QED) is 0.367. The van der Waals surface area contributed by atoms with E-state index in [2.05, 4.69) is 12.1 Å². The third kappa shape index (κ3) is 3.76. The number of hydrogen-bond donors (Lipinski definition) is 0. The Balaban J connectivity index is 1.24. The number of amides is 2. The summed E-state index contributed by atoms with van der Waals surface area (Å²) in [4.78, 5) is 52.3. The molecule has 2 amide bonds. The molecule has 3 aliphatic rings. The minimum Gasteiger partial charge on any atom is -0.453 e. The first-order valence-electron chi connectivity index (χ1n) is 11.2. The number of carbonyl (C=O) groups is 4. The third-order valence-corrected chi connectivity index (χ3v) is 7.68. The Hall–Kier alpha value is -2.99. The van der Waals surface area contributed by atoms with Crippen LogP contribution in [-0.2, 0) is 19.1 Å². The molecule has 1 heterocycles. The Labute approximate surface area is 196 Å². The second-order valence-electron chi connectivity index (χ2n) is 9.23. The summed E-state index contributed by atoms with van der Waals surface area (Å²) in [7, 11) is 0. The Morgan fingerprint density at radius 2 is 1.67 bits per heavy atom. The fraction of sp³-hybridized carbons (Fsp3) is 0.385. The highest BCUT2D eigenvalue weighted by Crippen LogP contribution is 2.61. The van der Waals surface area contributed by atoms with Crippen LogP contribution in [0.25, 0.3) is 0 Å². The summed E-state index contributed by atoms with van der Waals surface area (Å²) < 4.78 is 5.27. The van der Waals surface area contributed by atoms with Crippen molar-refractivity contribution in [2.24, 2.45) is 23.7 Å². The Kier molecular flexibility index (Phi) is 5.57. The van der Waals surface area contributed by atoms with Crippen molar-refractivity contribution in [3.05, 3.63) is 70.7 Å². The second-order valence-corrected chi connectivity index (χ2v) is 9.67. The highest BCUT2D eigenvalue weighted by atomic mass is 35.5. The molecule has 6 atom stereocenters. The molecule has 1 saturated heterocycles. The number of esters is 1. The van der Waals surface area contributed by atoms with Crippen LogP contribution in [0.2, 0.25) is 5.02 Å². The average Bonchev–Trinajstić information content (AvgIpc) is 3.47. The number of hydrogen-bond acceptors (Lipinski definition) is 5. The van der Waals surface area contributed by atoms with Crippen LogP contribution < -0.4 is 0 Å². The number of ketones is 1. The van der Waals surface area contributed by atoms with Crippen LogP contribution in [0.3, 0.4) is 0 Å². The monoisotopic (exact) mass is 465 g/mol. The molecule has 3 fully saturated rings. The molecule has 2 bridgehead atoms. The minimum atomic E-state index is -1.04. The van der Waals surface area contributed by atoms with Gasteiger partial charge >= 0.3 is 5.97 Å². The maximum atomic E-state index is 13.2. The van der Waals surface area contributed by atoms with Crippen LogP contribution in [-0.4, -0.2) is 41.1 Å². The van der Waals surface area contributed by atoms with Crippen molar-refractivity contribution in [3.8, 4) is 0 Å². The molecule has 6 unspecified atom stereocenters. The second kappa shape index (κ2) is 8.41. The molecule has 2 aromatic carbocycles. The molecule has 2 aromatic rings. The Morgan fingerprint density at radius 3 is 2.36 bits per heavy atom. The van der Waals surface area contributed by atoms with Gasteiger partial charge in [0.05, 0.1) is 11.8 Å². The number of rotatable bonds is 6. The summed E-state index contributed by atoms with van der Waals surface area (Å²) >= 11 is 5.85. The summed E-state index contributed by atoms with van der Waals surface area (Å²) in [5.74, 6) is -1.88. The van der Waals surface area contributed by atoms with E-state index in [1.807, 2.05) is 18.2 Å². The maximum absolute atomic E-state index is 13.2. The van der Waals surface area contributed by atoms with Crippen molar-refractivity contribution >= 4 is 35.2 Å². The van der Waals surface area contributed by atoms with Crippen molar-refractivity contribution in [2.75, 3.05) is 6.54 Å². The number of nitrogens with zero attached hydrogens (tertiary/aromatic N) is 1. The molecule has 2 aliphatic carbocycles. The SMILES string of the molecule is CC(OC(=O)CN1C(=O)C2C3CC(c4ccccc4)C(C3)C2C1=O)C(=O)c1ccc(Cl)cc1. The summed E-state index contributed by atoms with van der Waals surface area (Å²) in [6.07, 6.45) is 0.724. The molecule has 6 nitrogen and oxygen atoms in total. The number of ether oxygens (including phenoxy) is 1. The van der Waals surface area contributed by atoms with Crippen LogP contribution in [0.1, 0.15) is 41.6 Å². The van der Waals surface area contributed by atoms with E-state index in [9.17, 15) is 19.2 Å². The third-order valence-electron chi connectivity index (χ3n) is 7.43. The summed E-state index contributed by atoms with van der Waals surface area (Å²) in [6, 6.07) is 16.4. The largest absolute Gasteiger partial charge is 0.453 e. The fourth-order valence-electron chi connectivity index (χ4n) is 6.03. The van der Waals surface area contributed by atoms with E-state index in [0.29, 0.717) is 10.6 Å². The van der Waals surface area contributed by atoms with Gasteiger partial charge in [0.15, 0.2) is 6.10 Å². The van der Waals surface area contributed by atoms with Crippen LogP contribution in [0.15, 0.2) is 54.6 Å². The summed E-state index contributed by atoms with van der Waals surface area (Å²) in [5, 5.41) is 0.497. The van der Waals surface area contributed by atoms with Gasteiger partial charge in [-0.25, -0.2) is 0 Å². The Bertz CT molecular complexity index is 1120. The lowest BCUT2D eigenvalue weighted by Crippen LogP contribution is -2.39. The predicted molar refractivity (Wildman–Crippen MR) is 120 cm³/mol. The number of likely N-dealkylation sites (tertiary alicyclic amines) is 1. The van der Waals surface area contributed by atoms with Crippen molar-refractivity contribution < 1.29 is 23.9 Å². The van der Waals surface area contributed by atoms with Gasteiger partial charge in [0.25, 0.3) is 0 Å². The highest BCUT2D eigenvalue weighted by molar-refractivity contribution is 6.30. The van der Waals surface area contributed by atoms with Gasteiger partial charge in [0.2, 0.25) is 17.6 Å². The van der Waals surface area contributed by atoms with Gasteiger partial charge in [-0.3, -0.25) is 24.1 Å². The molecule has 2 saturated carbocycles. The first-order valence-corrected chi connectivity index (χ1v) is 11.6. The lowest BCUT2D eigenvalue weighted by Gasteiger charge is -2.28. The molecule has 7 heteroatoms. The zero-order valence-electron chi connectivity index (χ0n) is 18.1. The molecule has 1 aliphatic heterocycles. The zero-order chi connectivity index (χ0) is 23.3. The first-order chi connectivity index (χ1) is 15.8. The average molecular weight is 466 g/mol. The van der Waals surface area contributed by atoms with Crippen LogP contribution in [0, 0.1) is 23.7 Å². The van der Waals surface area contributed by atoms with Crippen LogP contribution in [0.5, 0.6) is 0 Å². The highest BCUT2D eigenvalue weighted by Gasteiger charge is 2.64. The molecular weight excluding hydrogens is 442 g/mol. The molecule has 5 rings (SSSR count). The number of carbonyl (C=O) groups excluding carboxylic acids is 4. The zero-order valence-corrected chi connectivity index (χ0v) is 18.9. The molecule has 0 spiro atoms. The van der Waals surface area contributed by atoms with Gasteiger partial charge in [0.1, 0.15) is 6.54 Å². The van der Waals surface area contributed by atoms with E-state index in [-0.39, 0.29) is 47.2 Å². The van der Waals surface area contributed by atoms with Gasteiger partial charge in [-0.2, -0.15) is 0 Å². The number of imide groups is 1. The predicted octanol–water partition coefficient (Wildman–Crippen LogP) is 3.88. The van der Waals surface area contributed by atoms with E-state index < -0.39 is 18.6 Å². The van der Waals surface area contributed by atoms with Crippen molar-refractivity contribution in [3.63, 3.8) is 0 Å². The molecule has 33 heavy (non-hydrogen) atoms.